The summed E-state index contributed by atoms with van der Waals surface area (Å²) in [5.74, 6) is 1.52. The second kappa shape index (κ2) is 9.32. The Morgan fingerprint density at radius 2 is 1.59 bits per heavy atom. The molecule has 1 aliphatic rings. The minimum absolute atomic E-state index is 0.0126. The molecule has 0 radical (unpaired) electrons. The highest BCUT2D eigenvalue weighted by atomic mass is 16.3. The molecule has 2 nitrogen and oxygen atoms in total. The molecule has 1 aromatic rings. The largest absolute Gasteiger partial charge is 0.396 e. The Morgan fingerprint density at radius 3 is 2.14 bits per heavy atom. The monoisotopic (exact) mass is 304 g/mol. The molecule has 0 spiro atoms. The van der Waals surface area contributed by atoms with Crippen LogP contribution < -0.4 is 0 Å². The van der Waals surface area contributed by atoms with Crippen LogP contribution in [0.2, 0.25) is 0 Å². The first-order chi connectivity index (χ1) is 10.8. The summed E-state index contributed by atoms with van der Waals surface area (Å²) in [5.41, 5.74) is 2.48. The van der Waals surface area contributed by atoms with E-state index in [-0.39, 0.29) is 19.1 Å². The number of aliphatic hydroxyl groups excluding tert-OH is 2. The van der Waals surface area contributed by atoms with Crippen LogP contribution in [0.1, 0.15) is 81.3 Å². The van der Waals surface area contributed by atoms with Crippen molar-refractivity contribution < 1.29 is 10.2 Å². The second-order valence-electron chi connectivity index (χ2n) is 6.94. The zero-order valence-electron chi connectivity index (χ0n) is 14.0. The van der Waals surface area contributed by atoms with Gasteiger partial charge in [0.05, 0.1) is 13.2 Å². The van der Waals surface area contributed by atoms with E-state index < -0.39 is 0 Å². The molecule has 0 atom stereocenters. The molecule has 0 saturated heterocycles. The van der Waals surface area contributed by atoms with Crippen LogP contribution in [0, 0.1) is 5.92 Å². The molecule has 0 amide bonds. The summed E-state index contributed by atoms with van der Waals surface area (Å²) in [4.78, 5) is 0. The van der Waals surface area contributed by atoms with Gasteiger partial charge in [-0.3, -0.25) is 0 Å². The Bertz CT molecular complexity index is 400. The van der Waals surface area contributed by atoms with Gasteiger partial charge in [-0.05, 0) is 48.6 Å². The van der Waals surface area contributed by atoms with Crippen molar-refractivity contribution in [3.8, 4) is 0 Å². The fourth-order valence-electron chi connectivity index (χ4n) is 3.78. The Kier molecular flexibility index (Phi) is 7.41. The van der Waals surface area contributed by atoms with E-state index in [1.807, 2.05) is 0 Å². The van der Waals surface area contributed by atoms with E-state index in [0.717, 1.165) is 11.5 Å². The molecule has 1 fully saturated rings. The Balaban J connectivity index is 1.83. The molecule has 0 unspecified atom stereocenters. The summed E-state index contributed by atoms with van der Waals surface area (Å²) < 4.78 is 0. The fourth-order valence-corrected chi connectivity index (χ4v) is 3.78. The normalized spacial score (nSPS) is 22.2. The van der Waals surface area contributed by atoms with E-state index in [9.17, 15) is 10.2 Å². The Morgan fingerprint density at radius 1 is 0.955 bits per heavy atom. The van der Waals surface area contributed by atoms with Gasteiger partial charge in [-0.2, -0.15) is 0 Å². The van der Waals surface area contributed by atoms with Crippen LogP contribution in [-0.2, 0) is 0 Å². The van der Waals surface area contributed by atoms with Crippen molar-refractivity contribution in [2.75, 3.05) is 13.2 Å². The van der Waals surface area contributed by atoms with Crippen LogP contribution >= 0.6 is 0 Å². The third-order valence-electron chi connectivity index (χ3n) is 5.38. The average Bonchev–Trinajstić information content (AvgIpc) is 2.58. The fraction of sp³-hybridized carbons (Fsp3) is 0.700. The molecule has 0 aliphatic heterocycles. The summed E-state index contributed by atoms with van der Waals surface area (Å²) in [5, 5.41) is 18.5. The maximum atomic E-state index is 9.26. The lowest BCUT2D eigenvalue weighted by molar-refractivity contribution is 0.192. The molecule has 0 bridgehead atoms. The summed E-state index contributed by atoms with van der Waals surface area (Å²) in [6, 6.07) is 8.57. The lowest BCUT2D eigenvalue weighted by Crippen LogP contribution is -2.14. The number of aliphatic hydroxyl groups is 2. The molecular weight excluding hydrogens is 272 g/mol. The van der Waals surface area contributed by atoms with Gasteiger partial charge < -0.3 is 10.2 Å². The first kappa shape index (κ1) is 17.5. The van der Waals surface area contributed by atoms with Crippen LogP contribution in [0.15, 0.2) is 24.3 Å². The van der Waals surface area contributed by atoms with E-state index in [0.29, 0.717) is 5.92 Å². The average molecular weight is 304 g/mol. The van der Waals surface area contributed by atoms with E-state index in [1.165, 1.54) is 56.9 Å². The molecule has 2 rings (SSSR count). The zero-order chi connectivity index (χ0) is 15.8. The number of benzene rings is 1. The highest BCUT2D eigenvalue weighted by Crippen LogP contribution is 2.38. The van der Waals surface area contributed by atoms with Crippen LogP contribution in [-0.4, -0.2) is 23.4 Å². The number of unbranched alkanes of at least 4 members (excludes halogenated alkanes) is 2. The van der Waals surface area contributed by atoms with Gasteiger partial charge in [0, 0.05) is 5.92 Å². The minimum atomic E-state index is -0.136. The van der Waals surface area contributed by atoms with Crippen LogP contribution in [0.3, 0.4) is 0 Å². The third kappa shape index (κ3) is 4.82. The van der Waals surface area contributed by atoms with Gasteiger partial charge in [0.1, 0.15) is 0 Å². The molecule has 0 aromatic heterocycles. The predicted molar refractivity (Wildman–Crippen MR) is 92.2 cm³/mol. The molecule has 2 N–H and O–H groups in total. The van der Waals surface area contributed by atoms with Crippen molar-refractivity contribution in [1.82, 2.24) is 0 Å². The van der Waals surface area contributed by atoms with Gasteiger partial charge in [0.15, 0.2) is 0 Å². The van der Waals surface area contributed by atoms with Gasteiger partial charge >= 0.3 is 0 Å². The van der Waals surface area contributed by atoms with Crippen molar-refractivity contribution >= 4 is 0 Å². The highest BCUT2D eigenvalue weighted by Gasteiger charge is 2.22. The van der Waals surface area contributed by atoms with Gasteiger partial charge in [-0.1, -0.05) is 56.9 Å². The summed E-state index contributed by atoms with van der Waals surface area (Å²) in [7, 11) is 0. The number of rotatable bonds is 8. The van der Waals surface area contributed by atoms with E-state index in [1.54, 1.807) is 0 Å². The number of hydrogen-bond acceptors (Lipinski definition) is 2. The van der Waals surface area contributed by atoms with Gasteiger partial charge in [-0.25, -0.2) is 0 Å². The van der Waals surface area contributed by atoms with E-state index in [4.69, 9.17) is 0 Å². The van der Waals surface area contributed by atoms with E-state index >= 15 is 0 Å². The lowest BCUT2D eigenvalue weighted by atomic mass is 9.77. The van der Waals surface area contributed by atoms with Gasteiger partial charge in [0.2, 0.25) is 0 Å². The van der Waals surface area contributed by atoms with Crippen LogP contribution in [0.4, 0.5) is 0 Å². The van der Waals surface area contributed by atoms with Crippen molar-refractivity contribution in [2.24, 2.45) is 5.92 Å². The zero-order valence-corrected chi connectivity index (χ0v) is 14.0. The molecular formula is C20H32O2. The summed E-state index contributed by atoms with van der Waals surface area (Å²) in [6.07, 6.45) is 10.9. The molecule has 124 valence electrons. The quantitative estimate of drug-likeness (QED) is 0.689. The molecule has 1 saturated carbocycles. The summed E-state index contributed by atoms with van der Waals surface area (Å²) >= 11 is 0. The maximum Gasteiger partial charge on any atom is 0.0521 e. The van der Waals surface area contributed by atoms with E-state index in [2.05, 4.69) is 31.2 Å². The molecule has 22 heavy (non-hydrogen) atoms. The standard InChI is InChI=1S/C20H32O2/c1-2-3-4-5-16-6-8-17(9-7-16)18-10-12-19(13-11-18)20(14-21)15-22/h10-13,16-17,20-22H,2-9,14-15H2,1H3. The van der Waals surface area contributed by atoms with Gasteiger partial charge in [-0.15, -0.1) is 0 Å². The molecule has 0 heterocycles. The van der Waals surface area contributed by atoms with Crippen LogP contribution in [0.5, 0.6) is 0 Å². The predicted octanol–water partition coefficient (Wildman–Crippen LogP) is 4.61. The smallest absolute Gasteiger partial charge is 0.0521 e. The van der Waals surface area contributed by atoms with Crippen molar-refractivity contribution in [3.05, 3.63) is 35.4 Å². The van der Waals surface area contributed by atoms with Crippen LogP contribution in [0.25, 0.3) is 0 Å². The first-order valence-corrected chi connectivity index (χ1v) is 9.10. The molecule has 2 heteroatoms. The first-order valence-electron chi connectivity index (χ1n) is 9.10. The molecule has 1 aliphatic carbocycles. The minimum Gasteiger partial charge on any atom is -0.396 e. The third-order valence-corrected chi connectivity index (χ3v) is 5.38. The SMILES string of the molecule is CCCCCC1CCC(c2ccc(C(CO)CO)cc2)CC1. The van der Waals surface area contributed by atoms with Gasteiger partial charge in [0.25, 0.3) is 0 Å². The summed E-state index contributed by atoms with van der Waals surface area (Å²) in [6.45, 7) is 2.30. The lowest BCUT2D eigenvalue weighted by Gasteiger charge is -2.29. The second-order valence-corrected chi connectivity index (χ2v) is 6.94. The Hall–Kier alpha value is -0.860. The van der Waals surface area contributed by atoms with Crippen molar-refractivity contribution in [3.63, 3.8) is 0 Å². The van der Waals surface area contributed by atoms with Crippen molar-refractivity contribution in [1.29, 1.82) is 0 Å². The maximum absolute atomic E-state index is 9.26. The molecule has 1 aromatic carbocycles. The topological polar surface area (TPSA) is 40.5 Å². The number of hydrogen-bond donors (Lipinski definition) is 2. The Labute approximate surface area is 135 Å². The highest BCUT2D eigenvalue weighted by molar-refractivity contribution is 5.28. The van der Waals surface area contributed by atoms with Crippen molar-refractivity contribution in [2.45, 2.75) is 70.1 Å².